The number of hydrogen-bond donors (Lipinski definition) is 3. The number of fused-ring (bicyclic) bond motifs is 1. The zero-order chi connectivity index (χ0) is 30.0. The number of aromatic nitrogens is 1. The largest absolute Gasteiger partial charge is 0.463 e. The Balaban J connectivity index is 1.37. The molecule has 1 aromatic heterocycles. The van der Waals surface area contributed by atoms with Crippen LogP contribution in [0.3, 0.4) is 0 Å². The highest BCUT2D eigenvalue weighted by Crippen LogP contribution is 2.22. The molecule has 2 amide bonds. The van der Waals surface area contributed by atoms with Crippen LogP contribution in [0.5, 0.6) is 0 Å². The zero-order valence-electron chi connectivity index (χ0n) is 23.7. The van der Waals surface area contributed by atoms with Crippen LogP contribution in [0, 0.1) is 11.8 Å². The lowest BCUT2D eigenvalue weighted by atomic mass is 9.97. The first-order chi connectivity index (χ1) is 21.0. The summed E-state index contributed by atoms with van der Waals surface area (Å²) in [5.74, 6) is -2.58. The number of rotatable bonds is 8. The van der Waals surface area contributed by atoms with Gasteiger partial charge in [0.2, 0.25) is 11.8 Å². The van der Waals surface area contributed by atoms with E-state index in [0.717, 1.165) is 11.1 Å². The minimum atomic E-state index is -1.06. The molecule has 0 aliphatic carbocycles. The molecule has 9 nitrogen and oxygen atoms in total. The Kier molecular flexibility index (Phi) is 9.97. The first-order valence-corrected chi connectivity index (χ1v) is 14.5. The monoisotopic (exact) mass is 581 g/mol. The Morgan fingerprint density at radius 2 is 1.63 bits per heavy atom. The van der Waals surface area contributed by atoms with Crippen LogP contribution in [0.4, 0.5) is 0 Å². The number of aliphatic hydroxyl groups excluding tert-OH is 1. The number of nitrogens with one attached hydrogen (secondary N) is 2. The van der Waals surface area contributed by atoms with Crippen LogP contribution in [0.15, 0.2) is 101 Å². The van der Waals surface area contributed by atoms with Crippen LogP contribution >= 0.6 is 0 Å². The summed E-state index contributed by atoms with van der Waals surface area (Å²) < 4.78 is 11.6. The molecule has 43 heavy (non-hydrogen) atoms. The molecule has 4 atom stereocenters. The molecule has 1 aliphatic heterocycles. The third-order valence-electron chi connectivity index (χ3n) is 7.48. The molecule has 3 unspecified atom stereocenters. The first-order valence-electron chi connectivity index (χ1n) is 14.5. The number of allylic oxidation sites excluding steroid dienone is 2. The van der Waals surface area contributed by atoms with E-state index >= 15 is 0 Å². The number of hydrogen-bond acceptors (Lipinski definition) is 7. The van der Waals surface area contributed by atoms with Gasteiger partial charge in [-0.15, -0.1) is 0 Å². The number of carbonyl (C=O) groups excluding carboxylic acids is 3. The molecule has 3 N–H and O–H groups in total. The summed E-state index contributed by atoms with van der Waals surface area (Å²) in [6.45, 7) is -0.380. The summed E-state index contributed by atoms with van der Waals surface area (Å²) in [5.41, 5.74) is 3.04. The van der Waals surface area contributed by atoms with Gasteiger partial charge < -0.3 is 24.9 Å². The number of oxazole rings is 1. The van der Waals surface area contributed by atoms with Crippen molar-refractivity contribution in [2.45, 2.75) is 37.8 Å². The average molecular weight is 582 g/mol. The van der Waals surface area contributed by atoms with Crippen molar-refractivity contribution in [3.63, 3.8) is 0 Å². The molecule has 0 saturated carbocycles. The van der Waals surface area contributed by atoms with Crippen LogP contribution in [-0.4, -0.2) is 47.1 Å². The summed E-state index contributed by atoms with van der Waals surface area (Å²) in [6, 6.07) is 24.9. The van der Waals surface area contributed by atoms with Gasteiger partial charge in [0.25, 0.3) is 0 Å². The predicted octanol–water partition coefficient (Wildman–Crippen LogP) is 4.07. The van der Waals surface area contributed by atoms with Crippen LogP contribution in [0.25, 0.3) is 11.1 Å². The second-order valence-corrected chi connectivity index (χ2v) is 10.7. The average Bonchev–Trinajstić information content (AvgIpc) is 3.44. The van der Waals surface area contributed by atoms with Crippen LogP contribution in [-0.2, 0) is 32.0 Å². The molecule has 0 bridgehead atoms. The second kappa shape index (κ2) is 14.4. The Hall–Kier alpha value is -4.76. The smallest absolute Gasteiger partial charge is 0.309 e. The zero-order valence-corrected chi connectivity index (χ0v) is 23.7. The molecule has 0 fully saturated rings. The van der Waals surface area contributed by atoms with Gasteiger partial charge in [0.1, 0.15) is 18.0 Å². The van der Waals surface area contributed by atoms with Crippen molar-refractivity contribution in [2.75, 3.05) is 13.2 Å². The minimum absolute atomic E-state index is 0.0646. The fraction of sp³-hybridized carbons (Fsp3) is 0.294. The lowest BCUT2D eigenvalue weighted by Crippen LogP contribution is -2.48. The van der Waals surface area contributed by atoms with E-state index in [1.54, 1.807) is 12.2 Å². The molecular weight excluding hydrogens is 546 g/mol. The summed E-state index contributed by atoms with van der Waals surface area (Å²) in [5, 5.41) is 15.8. The van der Waals surface area contributed by atoms with Crippen molar-refractivity contribution < 1.29 is 28.6 Å². The number of benzene rings is 3. The highest BCUT2D eigenvalue weighted by Gasteiger charge is 2.31. The molecule has 5 rings (SSSR count). The number of nitrogens with zero attached hydrogens (tertiary/aromatic N) is 1. The van der Waals surface area contributed by atoms with Crippen molar-refractivity contribution >= 4 is 28.9 Å². The van der Waals surface area contributed by atoms with E-state index in [1.165, 1.54) is 0 Å². The number of esters is 1. The third-order valence-corrected chi connectivity index (χ3v) is 7.48. The molecule has 2 heterocycles. The minimum Gasteiger partial charge on any atom is -0.463 e. The fourth-order valence-electron chi connectivity index (χ4n) is 5.15. The van der Waals surface area contributed by atoms with E-state index < -0.39 is 41.7 Å². The third kappa shape index (κ3) is 7.96. The van der Waals surface area contributed by atoms with Gasteiger partial charge in [-0.3, -0.25) is 14.4 Å². The van der Waals surface area contributed by atoms with Gasteiger partial charge in [-0.25, -0.2) is 4.98 Å². The van der Waals surface area contributed by atoms with Gasteiger partial charge in [0.05, 0.1) is 24.6 Å². The number of carbonyl (C=O) groups is 3. The maximum absolute atomic E-state index is 13.5. The lowest BCUT2D eigenvalue weighted by molar-refractivity contribution is -0.150. The Morgan fingerprint density at radius 3 is 2.37 bits per heavy atom. The summed E-state index contributed by atoms with van der Waals surface area (Å²) in [7, 11) is 0. The highest BCUT2D eigenvalue weighted by molar-refractivity contribution is 6.00. The first kappa shape index (κ1) is 29.7. The van der Waals surface area contributed by atoms with Gasteiger partial charge >= 0.3 is 5.97 Å². The quantitative estimate of drug-likeness (QED) is 0.162. The summed E-state index contributed by atoms with van der Waals surface area (Å²) >= 11 is 0. The molecule has 222 valence electrons. The molecule has 0 saturated heterocycles. The number of ether oxygens (including phenoxy) is 1. The summed E-state index contributed by atoms with van der Waals surface area (Å²) in [4.78, 5) is 44.8. The number of cyclic esters (lactones) is 1. The van der Waals surface area contributed by atoms with Crippen LogP contribution < -0.4 is 10.6 Å². The number of aliphatic hydroxyl groups is 1. The van der Waals surface area contributed by atoms with E-state index in [1.807, 2.05) is 84.9 Å². The summed E-state index contributed by atoms with van der Waals surface area (Å²) in [6.07, 6.45) is 4.61. The van der Waals surface area contributed by atoms with Crippen molar-refractivity contribution in [3.05, 3.63) is 114 Å². The van der Waals surface area contributed by atoms with E-state index in [2.05, 4.69) is 15.6 Å². The molecule has 9 heteroatoms. The predicted molar refractivity (Wildman–Crippen MR) is 161 cm³/mol. The normalized spacial score (nSPS) is 20.3. The van der Waals surface area contributed by atoms with Gasteiger partial charge in [-0.1, -0.05) is 84.9 Å². The van der Waals surface area contributed by atoms with Crippen molar-refractivity contribution in [1.29, 1.82) is 0 Å². The van der Waals surface area contributed by atoms with Crippen molar-refractivity contribution in [1.82, 2.24) is 15.6 Å². The van der Waals surface area contributed by atoms with E-state index in [9.17, 15) is 19.5 Å². The lowest BCUT2D eigenvalue weighted by Gasteiger charge is -2.25. The number of para-hydroxylation sites is 2. The Bertz CT molecular complexity index is 1520. The fourth-order valence-corrected chi connectivity index (χ4v) is 5.15. The standard InChI is InChI=1S/C34H35N3O6/c38-21-29(24-13-5-2-6-14-24)37-33(40)27-16-8-7-15-25(20-31-36-28-17-9-10-18-30(28)43-31)34(41)42-22-26(35-32(27)39)19-23-11-3-1-4-12-23/h1-14,17-18,25-27,29,38H,15-16,19-22H2,(H,35,39)(H,37,40)/t25?,26?,27?,29-/m0/s1. The van der Waals surface area contributed by atoms with E-state index in [4.69, 9.17) is 9.15 Å². The number of amides is 2. The van der Waals surface area contributed by atoms with Crippen molar-refractivity contribution in [3.8, 4) is 0 Å². The van der Waals surface area contributed by atoms with Crippen molar-refractivity contribution in [2.24, 2.45) is 11.8 Å². The van der Waals surface area contributed by atoms with Gasteiger partial charge in [0, 0.05) is 6.42 Å². The molecule has 4 aromatic rings. The Labute approximate surface area is 250 Å². The topological polar surface area (TPSA) is 131 Å². The SMILES string of the molecule is O=C1OCC(Cc2ccccc2)NC(=O)C(C(=O)N[C@@H](CO)c2ccccc2)CC=CCC1Cc1nc2ccccc2o1. The second-order valence-electron chi connectivity index (χ2n) is 10.7. The molecule has 0 spiro atoms. The van der Waals surface area contributed by atoms with Gasteiger partial charge in [-0.05, 0) is 42.5 Å². The van der Waals surface area contributed by atoms with E-state index in [-0.39, 0.29) is 26.1 Å². The molecule has 3 aromatic carbocycles. The highest BCUT2D eigenvalue weighted by atomic mass is 16.5. The molecule has 1 aliphatic rings. The van der Waals surface area contributed by atoms with Gasteiger partial charge in [-0.2, -0.15) is 0 Å². The molecule has 0 radical (unpaired) electrons. The molecular formula is C34H35N3O6. The van der Waals surface area contributed by atoms with Crippen LogP contribution in [0.2, 0.25) is 0 Å². The van der Waals surface area contributed by atoms with Gasteiger partial charge in [0.15, 0.2) is 11.5 Å². The maximum atomic E-state index is 13.5. The Morgan fingerprint density at radius 1 is 0.930 bits per heavy atom. The van der Waals surface area contributed by atoms with Crippen LogP contribution in [0.1, 0.15) is 35.9 Å². The maximum Gasteiger partial charge on any atom is 0.309 e. The van der Waals surface area contributed by atoms with E-state index in [0.29, 0.717) is 29.8 Å².